The van der Waals surface area contributed by atoms with Gasteiger partial charge in [-0.2, -0.15) is 0 Å². The van der Waals surface area contributed by atoms with Crippen molar-refractivity contribution < 1.29 is 4.79 Å². The molecule has 1 aromatic rings. The third kappa shape index (κ3) is 3.19. The Hall–Kier alpha value is -1.09. The van der Waals surface area contributed by atoms with Gasteiger partial charge in [-0.15, -0.1) is 11.6 Å². The maximum Gasteiger partial charge on any atom is 0.253 e. The Morgan fingerprint density at radius 2 is 2.18 bits per heavy atom. The van der Waals surface area contributed by atoms with Crippen LogP contribution in [0.15, 0.2) is 18.5 Å². The minimum atomic E-state index is -0.0706. The number of nitrogens with zero attached hydrogens (tertiary/aromatic N) is 1. The van der Waals surface area contributed by atoms with Gasteiger partial charge in [-0.3, -0.25) is 9.78 Å². The Balaban J connectivity index is 2.01. The number of carbonyl (C=O) groups is 1. The first-order valence-corrected chi connectivity index (χ1v) is 6.47. The molecule has 2 rings (SSSR count). The van der Waals surface area contributed by atoms with E-state index in [-0.39, 0.29) is 17.3 Å². The molecule has 1 fully saturated rings. The van der Waals surface area contributed by atoms with Crippen LogP contribution in [0.5, 0.6) is 0 Å². The van der Waals surface area contributed by atoms with Crippen LogP contribution >= 0.6 is 11.6 Å². The summed E-state index contributed by atoms with van der Waals surface area (Å²) >= 11 is 6.22. The van der Waals surface area contributed by atoms with Crippen molar-refractivity contribution in [3.8, 4) is 0 Å². The zero-order valence-electron chi connectivity index (χ0n) is 9.95. The van der Waals surface area contributed by atoms with Gasteiger partial charge >= 0.3 is 0 Å². The molecule has 2 unspecified atom stereocenters. The van der Waals surface area contributed by atoms with Crippen LogP contribution in [0, 0.1) is 6.92 Å². The largest absolute Gasteiger partial charge is 0.348 e. The summed E-state index contributed by atoms with van der Waals surface area (Å²) in [5.74, 6) is -0.0706. The number of aromatic nitrogens is 1. The Bertz CT molecular complexity index is 408. The van der Waals surface area contributed by atoms with Crippen molar-refractivity contribution in [1.29, 1.82) is 0 Å². The fourth-order valence-corrected chi connectivity index (χ4v) is 2.52. The van der Waals surface area contributed by atoms with Crippen molar-refractivity contribution in [3.05, 3.63) is 29.6 Å². The maximum atomic E-state index is 12.0. The molecule has 2 atom stereocenters. The van der Waals surface area contributed by atoms with Gasteiger partial charge in [0.15, 0.2) is 0 Å². The van der Waals surface area contributed by atoms with E-state index in [4.69, 9.17) is 11.6 Å². The fraction of sp³-hybridized carbons (Fsp3) is 0.538. The summed E-state index contributed by atoms with van der Waals surface area (Å²) in [4.78, 5) is 16.0. The van der Waals surface area contributed by atoms with Crippen LogP contribution in [-0.2, 0) is 0 Å². The van der Waals surface area contributed by atoms with Crippen molar-refractivity contribution in [1.82, 2.24) is 10.3 Å². The quantitative estimate of drug-likeness (QED) is 0.823. The number of aryl methyl sites for hydroxylation is 1. The number of halogens is 1. The molecule has 1 amide bonds. The topological polar surface area (TPSA) is 42.0 Å². The first-order valence-electron chi connectivity index (χ1n) is 6.03. The molecule has 17 heavy (non-hydrogen) atoms. The average molecular weight is 253 g/mol. The number of nitrogens with one attached hydrogen (secondary N) is 1. The highest BCUT2D eigenvalue weighted by Crippen LogP contribution is 2.23. The van der Waals surface area contributed by atoms with Gasteiger partial charge in [-0.1, -0.05) is 12.8 Å². The number of hydrogen-bond donors (Lipinski definition) is 1. The summed E-state index contributed by atoms with van der Waals surface area (Å²) in [6.45, 7) is 1.93. The number of alkyl halides is 1. The molecule has 0 aliphatic heterocycles. The molecule has 0 saturated heterocycles. The monoisotopic (exact) mass is 252 g/mol. The van der Waals surface area contributed by atoms with E-state index in [0.717, 1.165) is 31.2 Å². The van der Waals surface area contributed by atoms with Gasteiger partial charge in [-0.05, 0) is 31.4 Å². The first-order chi connectivity index (χ1) is 8.16. The third-order valence-electron chi connectivity index (χ3n) is 3.14. The third-order valence-corrected chi connectivity index (χ3v) is 3.66. The highest BCUT2D eigenvalue weighted by molar-refractivity contribution is 6.21. The number of amides is 1. The van der Waals surface area contributed by atoms with Crippen molar-refractivity contribution in [2.45, 2.75) is 44.0 Å². The molecule has 1 aliphatic carbocycles. The van der Waals surface area contributed by atoms with Gasteiger partial charge in [0.05, 0.1) is 10.9 Å². The van der Waals surface area contributed by atoms with Gasteiger partial charge in [0.25, 0.3) is 5.91 Å². The number of hydrogen-bond acceptors (Lipinski definition) is 2. The lowest BCUT2D eigenvalue weighted by molar-refractivity contribution is 0.0928. The van der Waals surface area contributed by atoms with E-state index in [0.29, 0.717) is 5.56 Å². The molecular weight excluding hydrogens is 236 g/mol. The van der Waals surface area contributed by atoms with Crippen molar-refractivity contribution in [3.63, 3.8) is 0 Å². The van der Waals surface area contributed by atoms with Crippen molar-refractivity contribution in [2.75, 3.05) is 0 Å². The standard InChI is InChI=1S/C13H17ClN2O/c1-9-6-10(8-15-7-9)13(17)16-12-5-3-2-4-11(12)14/h6-8,11-12H,2-5H2,1H3,(H,16,17). The fourth-order valence-electron chi connectivity index (χ4n) is 2.18. The molecule has 1 aliphatic rings. The SMILES string of the molecule is Cc1cncc(C(=O)NC2CCCCC2Cl)c1. The number of pyridine rings is 1. The van der Waals surface area contributed by atoms with Gasteiger partial charge < -0.3 is 5.32 Å². The second-order valence-electron chi connectivity index (χ2n) is 4.63. The Kier molecular flexibility index (Phi) is 4.00. The van der Waals surface area contributed by atoms with E-state index in [9.17, 15) is 4.79 Å². The molecule has 0 spiro atoms. The lowest BCUT2D eigenvalue weighted by Gasteiger charge is -2.27. The molecule has 1 N–H and O–H groups in total. The van der Waals surface area contributed by atoms with Crippen LogP contribution in [0.4, 0.5) is 0 Å². The summed E-state index contributed by atoms with van der Waals surface area (Å²) < 4.78 is 0. The Morgan fingerprint density at radius 3 is 2.88 bits per heavy atom. The van der Waals surface area contributed by atoms with Crippen LogP contribution in [0.25, 0.3) is 0 Å². The number of rotatable bonds is 2. The second kappa shape index (κ2) is 5.50. The summed E-state index contributed by atoms with van der Waals surface area (Å²) in [5, 5.41) is 3.06. The minimum absolute atomic E-state index is 0.0606. The van der Waals surface area contributed by atoms with Crippen LogP contribution in [0.1, 0.15) is 41.6 Å². The van der Waals surface area contributed by atoms with Gasteiger partial charge in [0, 0.05) is 18.4 Å². The van der Waals surface area contributed by atoms with E-state index in [1.165, 1.54) is 0 Å². The molecule has 3 nitrogen and oxygen atoms in total. The second-order valence-corrected chi connectivity index (χ2v) is 5.19. The predicted octanol–water partition coefficient (Wildman–Crippen LogP) is 2.67. The molecular formula is C13H17ClN2O. The van der Waals surface area contributed by atoms with Gasteiger partial charge in [0.2, 0.25) is 0 Å². The Labute approximate surface area is 107 Å². The van der Waals surface area contributed by atoms with E-state index in [1.54, 1.807) is 12.4 Å². The van der Waals surface area contributed by atoms with E-state index < -0.39 is 0 Å². The molecule has 0 bridgehead atoms. The highest BCUT2D eigenvalue weighted by atomic mass is 35.5. The molecule has 1 aromatic heterocycles. The minimum Gasteiger partial charge on any atom is -0.348 e. The normalized spacial score (nSPS) is 24.4. The van der Waals surface area contributed by atoms with Crippen LogP contribution in [-0.4, -0.2) is 22.3 Å². The highest BCUT2D eigenvalue weighted by Gasteiger charge is 2.24. The van der Waals surface area contributed by atoms with Gasteiger partial charge in [-0.25, -0.2) is 0 Å². The summed E-state index contributed by atoms with van der Waals surface area (Å²) in [6.07, 6.45) is 7.58. The zero-order chi connectivity index (χ0) is 12.3. The van der Waals surface area contributed by atoms with E-state index >= 15 is 0 Å². The summed E-state index contributed by atoms with van der Waals surface area (Å²) in [6, 6.07) is 1.94. The Morgan fingerprint density at radius 1 is 1.41 bits per heavy atom. The van der Waals surface area contributed by atoms with Crippen LogP contribution < -0.4 is 5.32 Å². The summed E-state index contributed by atoms with van der Waals surface area (Å²) in [5.41, 5.74) is 1.60. The average Bonchev–Trinajstić information content (AvgIpc) is 2.32. The molecule has 1 saturated carbocycles. The van der Waals surface area contributed by atoms with E-state index in [1.807, 2.05) is 13.0 Å². The maximum absolute atomic E-state index is 12.0. The van der Waals surface area contributed by atoms with E-state index in [2.05, 4.69) is 10.3 Å². The molecule has 92 valence electrons. The van der Waals surface area contributed by atoms with Crippen LogP contribution in [0.2, 0.25) is 0 Å². The molecule has 0 aromatic carbocycles. The summed E-state index contributed by atoms with van der Waals surface area (Å²) in [7, 11) is 0. The molecule has 0 radical (unpaired) electrons. The smallest absolute Gasteiger partial charge is 0.253 e. The van der Waals surface area contributed by atoms with Crippen molar-refractivity contribution >= 4 is 17.5 Å². The molecule has 4 heteroatoms. The first kappa shape index (κ1) is 12.4. The van der Waals surface area contributed by atoms with Gasteiger partial charge in [0.1, 0.15) is 0 Å². The predicted molar refractivity (Wildman–Crippen MR) is 68.3 cm³/mol. The lowest BCUT2D eigenvalue weighted by Crippen LogP contribution is -2.42. The molecule has 1 heterocycles. The van der Waals surface area contributed by atoms with Crippen LogP contribution in [0.3, 0.4) is 0 Å². The lowest BCUT2D eigenvalue weighted by atomic mass is 9.94. The number of carbonyl (C=O) groups excluding carboxylic acids is 1. The zero-order valence-corrected chi connectivity index (χ0v) is 10.7. The van der Waals surface area contributed by atoms with Crippen molar-refractivity contribution in [2.24, 2.45) is 0 Å².